The van der Waals surface area contributed by atoms with E-state index < -0.39 is 0 Å². The van der Waals surface area contributed by atoms with Crippen LogP contribution in [0.4, 0.5) is 0 Å². The van der Waals surface area contributed by atoms with E-state index in [1.54, 1.807) is 7.05 Å². The molecule has 0 atom stereocenters. The molecule has 2 aromatic carbocycles. The molecule has 1 N–H and O–H groups in total. The third kappa shape index (κ3) is 1.79. The summed E-state index contributed by atoms with van der Waals surface area (Å²) in [6.07, 6.45) is 0. The summed E-state index contributed by atoms with van der Waals surface area (Å²) >= 11 is 0. The lowest BCUT2D eigenvalue weighted by molar-refractivity contribution is 0.0957. The maximum absolute atomic E-state index is 12.2. The molecule has 0 saturated carbocycles. The van der Waals surface area contributed by atoms with Crippen LogP contribution in [0, 0.1) is 0 Å². The van der Waals surface area contributed by atoms with Crippen molar-refractivity contribution >= 4 is 16.7 Å². The first-order valence-corrected chi connectivity index (χ1v) is 6.59. The molecule has 0 saturated heterocycles. The molecular weight excluding hydrogens is 248 g/mol. The Hall–Kier alpha value is -2.55. The van der Waals surface area contributed by atoms with E-state index in [4.69, 9.17) is 0 Å². The molecule has 0 spiro atoms. The van der Waals surface area contributed by atoms with Crippen LogP contribution < -0.4 is 5.32 Å². The first kappa shape index (κ1) is 12.5. The van der Waals surface area contributed by atoms with Crippen LogP contribution >= 0.6 is 0 Å². The van der Waals surface area contributed by atoms with Gasteiger partial charge in [0.15, 0.2) is 0 Å². The fourth-order valence-electron chi connectivity index (χ4n) is 2.71. The first-order chi connectivity index (χ1) is 9.74. The third-order valence-electron chi connectivity index (χ3n) is 3.60. The predicted octanol–water partition coefficient (Wildman–Crippen LogP) is 3.20. The van der Waals surface area contributed by atoms with Gasteiger partial charge in [0.05, 0.1) is 5.69 Å². The van der Waals surface area contributed by atoms with E-state index in [-0.39, 0.29) is 5.91 Å². The fraction of sp³-hybridized carbons (Fsp3) is 0.118. The van der Waals surface area contributed by atoms with Crippen molar-refractivity contribution in [2.75, 3.05) is 7.05 Å². The zero-order valence-electron chi connectivity index (χ0n) is 11.6. The van der Waals surface area contributed by atoms with Crippen molar-refractivity contribution in [3.63, 3.8) is 0 Å². The Labute approximate surface area is 117 Å². The molecule has 20 heavy (non-hydrogen) atoms. The van der Waals surface area contributed by atoms with Crippen molar-refractivity contribution in [2.45, 2.75) is 0 Å². The lowest BCUT2D eigenvalue weighted by atomic mass is 10.1. The minimum absolute atomic E-state index is 0.0640. The van der Waals surface area contributed by atoms with E-state index in [9.17, 15) is 4.79 Å². The smallest absolute Gasteiger partial charge is 0.268 e. The lowest BCUT2D eigenvalue weighted by Crippen LogP contribution is -2.21. The van der Waals surface area contributed by atoms with Crippen molar-refractivity contribution in [3.05, 3.63) is 60.3 Å². The van der Waals surface area contributed by atoms with Crippen LogP contribution in [0.5, 0.6) is 0 Å². The van der Waals surface area contributed by atoms with E-state index in [2.05, 4.69) is 23.5 Å². The molecule has 0 unspecified atom stereocenters. The Morgan fingerprint density at radius 3 is 2.20 bits per heavy atom. The van der Waals surface area contributed by atoms with Crippen molar-refractivity contribution in [3.8, 4) is 11.3 Å². The minimum Gasteiger partial charge on any atom is -0.354 e. The summed E-state index contributed by atoms with van der Waals surface area (Å²) in [6.45, 7) is 0. The van der Waals surface area contributed by atoms with Crippen LogP contribution in [0.1, 0.15) is 10.5 Å². The van der Waals surface area contributed by atoms with Crippen molar-refractivity contribution in [2.24, 2.45) is 7.05 Å². The summed E-state index contributed by atoms with van der Waals surface area (Å²) in [4.78, 5) is 12.2. The first-order valence-electron chi connectivity index (χ1n) is 6.59. The number of rotatable bonds is 2. The van der Waals surface area contributed by atoms with E-state index >= 15 is 0 Å². The molecule has 0 aliphatic heterocycles. The number of carbonyl (C=O) groups is 1. The van der Waals surface area contributed by atoms with Gasteiger partial charge in [-0.25, -0.2) is 0 Å². The summed E-state index contributed by atoms with van der Waals surface area (Å²) in [5, 5.41) is 4.80. The molecule has 0 fully saturated rings. The average Bonchev–Trinajstić information content (AvgIpc) is 2.79. The predicted molar refractivity (Wildman–Crippen MR) is 81.7 cm³/mol. The lowest BCUT2D eigenvalue weighted by Gasteiger charge is -2.07. The molecule has 3 rings (SSSR count). The highest BCUT2D eigenvalue weighted by Gasteiger charge is 2.19. The molecule has 100 valence electrons. The van der Waals surface area contributed by atoms with Crippen molar-refractivity contribution in [1.29, 1.82) is 0 Å². The summed E-state index contributed by atoms with van der Waals surface area (Å²) < 4.78 is 1.97. The second-order valence-electron chi connectivity index (χ2n) is 4.75. The van der Waals surface area contributed by atoms with Gasteiger partial charge in [-0.15, -0.1) is 0 Å². The number of hydrogen-bond acceptors (Lipinski definition) is 1. The Balaban J connectivity index is 2.39. The fourth-order valence-corrected chi connectivity index (χ4v) is 2.71. The molecule has 3 nitrogen and oxygen atoms in total. The molecule has 0 aliphatic carbocycles. The molecular formula is C17H16N2O. The maximum atomic E-state index is 12.2. The minimum atomic E-state index is -0.0640. The summed E-state index contributed by atoms with van der Waals surface area (Å²) in [5.41, 5.74) is 2.88. The van der Waals surface area contributed by atoms with E-state index in [1.807, 2.05) is 48.0 Å². The third-order valence-corrected chi connectivity index (χ3v) is 3.60. The van der Waals surface area contributed by atoms with E-state index in [0.717, 1.165) is 22.0 Å². The van der Waals surface area contributed by atoms with Crippen LogP contribution in [-0.4, -0.2) is 17.5 Å². The van der Waals surface area contributed by atoms with Crippen molar-refractivity contribution in [1.82, 2.24) is 9.88 Å². The van der Waals surface area contributed by atoms with Gasteiger partial charge in [-0.05, 0) is 5.56 Å². The van der Waals surface area contributed by atoms with Crippen molar-refractivity contribution < 1.29 is 4.79 Å². The van der Waals surface area contributed by atoms with Gasteiger partial charge in [0.25, 0.3) is 5.91 Å². The quantitative estimate of drug-likeness (QED) is 0.757. The number of benzene rings is 2. The molecule has 1 amide bonds. The largest absolute Gasteiger partial charge is 0.354 e. The van der Waals surface area contributed by atoms with Gasteiger partial charge < -0.3 is 9.88 Å². The Morgan fingerprint density at radius 2 is 1.55 bits per heavy atom. The molecule has 0 radical (unpaired) electrons. The van der Waals surface area contributed by atoms with Gasteiger partial charge in [0, 0.05) is 24.9 Å². The normalized spacial score (nSPS) is 10.7. The Bertz CT molecular complexity index is 772. The van der Waals surface area contributed by atoms with Crippen LogP contribution in [0.3, 0.4) is 0 Å². The number of fused-ring (bicyclic) bond motifs is 1. The number of aromatic nitrogens is 1. The summed E-state index contributed by atoms with van der Waals surface area (Å²) in [7, 11) is 3.60. The van der Waals surface area contributed by atoms with Crippen LogP contribution in [0.2, 0.25) is 0 Å². The van der Waals surface area contributed by atoms with E-state index in [1.165, 1.54) is 0 Å². The number of amides is 1. The van der Waals surface area contributed by atoms with Gasteiger partial charge in [0.1, 0.15) is 5.69 Å². The Morgan fingerprint density at radius 1 is 0.950 bits per heavy atom. The monoisotopic (exact) mass is 264 g/mol. The maximum Gasteiger partial charge on any atom is 0.268 e. The SMILES string of the molecule is CNC(=O)c1c2ccccc2c(-c2ccccc2)n1C. The zero-order chi connectivity index (χ0) is 14.1. The van der Waals surface area contributed by atoms with Gasteiger partial charge >= 0.3 is 0 Å². The zero-order valence-corrected chi connectivity index (χ0v) is 11.6. The van der Waals surface area contributed by atoms with E-state index in [0.29, 0.717) is 5.69 Å². The van der Waals surface area contributed by atoms with Gasteiger partial charge in [-0.3, -0.25) is 4.79 Å². The van der Waals surface area contributed by atoms with Crippen LogP contribution in [0.25, 0.3) is 22.0 Å². The number of hydrogen-bond donors (Lipinski definition) is 1. The molecule has 1 heterocycles. The standard InChI is InChI=1S/C17H16N2O/c1-18-17(20)16-14-11-7-6-10-13(14)15(19(16)2)12-8-4-3-5-9-12/h3-11H,1-2H3,(H,18,20). The second kappa shape index (κ2) is 4.85. The molecule has 3 heteroatoms. The number of carbonyl (C=O) groups excluding carboxylic acids is 1. The van der Waals surface area contributed by atoms with Gasteiger partial charge in [-0.1, -0.05) is 54.6 Å². The Kier molecular flexibility index (Phi) is 3.03. The highest BCUT2D eigenvalue weighted by atomic mass is 16.1. The highest BCUT2D eigenvalue weighted by molar-refractivity contribution is 6.11. The topological polar surface area (TPSA) is 34.0 Å². The van der Waals surface area contributed by atoms with Crippen LogP contribution in [0.15, 0.2) is 54.6 Å². The summed E-state index contributed by atoms with van der Waals surface area (Å²) in [5.74, 6) is -0.0640. The highest BCUT2D eigenvalue weighted by Crippen LogP contribution is 2.33. The number of nitrogens with zero attached hydrogens (tertiary/aromatic N) is 1. The second-order valence-corrected chi connectivity index (χ2v) is 4.75. The molecule has 0 aliphatic rings. The van der Waals surface area contributed by atoms with Crippen LogP contribution in [-0.2, 0) is 7.05 Å². The summed E-state index contributed by atoms with van der Waals surface area (Å²) in [6, 6.07) is 18.2. The molecule has 1 aromatic heterocycles. The number of nitrogens with one attached hydrogen (secondary N) is 1. The average molecular weight is 264 g/mol. The van der Waals surface area contributed by atoms with Gasteiger partial charge in [0.2, 0.25) is 0 Å². The van der Waals surface area contributed by atoms with Gasteiger partial charge in [-0.2, -0.15) is 0 Å². The molecule has 3 aromatic rings. The molecule has 0 bridgehead atoms.